The van der Waals surface area contributed by atoms with Gasteiger partial charge >= 0.3 is 0 Å². The van der Waals surface area contributed by atoms with E-state index < -0.39 is 19.9 Å². The summed E-state index contributed by atoms with van der Waals surface area (Å²) in [6.07, 6.45) is 2.07. The van der Waals surface area contributed by atoms with Crippen molar-refractivity contribution in [3.8, 4) is 0 Å². The highest BCUT2D eigenvalue weighted by Crippen LogP contribution is 2.18. The Hall–Kier alpha value is -1.81. The van der Waals surface area contributed by atoms with Crippen molar-refractivity contribution in [1.82, 2.24) is 15.0 Å². The maximum atomic E-state index is 12.3. The van der Waals surface area contributed by atoms with Gasteiger partial charge in [-0.15, -0.1) is 0 Å². The largest absolute Gasteiger partial charge is 0.309 e. The van der Waals surface area contributed by atoms with Crippen LogP contribution in [0.3, 0.4) is 0 Å². The van der Waals surface area contributed by atoms with E-state index >= 15 is 0 Å². The second-order valence-electron chi connectivity index (χ2n) is 5.64. The summed E-state index contributed by atoms with van der Waals surface area (Å²) in [6, 6.07) is 8.27. The fraction of sp³-hybridized carbons (Fsp3) is 0.267. The summed E-state index contributed by atoms with van der Waals surface area (Å²) in [5.74, 6) is 0. The number of benzene rings is 1. The van der Waals surface area contributed by atoms with Crippen LogP contribution >= 0.6 is 0 Å². The van der Waals surface area contributed by atoms with Crippen molar-refractivity contribution in [3.05, 3.63) is 53.2 Å². The van der Waals surface area contributed by atoms with Gasteiger partial charge in [0.1, 0.15) is 4.90 Å². The highest BCUT2D eigenvalue weighted by atomic mass is 32.2. The molecule has 1 aromatic carbocycles. The molecule has 0 radical (unpaired) electrons. The smallest absolute Gasteiger partial charge is 0.242 e. The summed E-state index contributed by atoms with van der Waals surface area (Å²) >= 11 is 0. The van der Waals surface area contributed by atoms with E-state index in [4.69, 9.17) is 0 Å². The van der Waals surface area contributed by atoms with Crippen molar-refractivity contribution in [2.75, 3.05) is 6.26 Å². The van der Waals surface area contributed by atoms with E-state index in [-0.39, 0.29) is 16.5 Å². The topological polar surface area (TPSA) is 105 Å². The number of nitrogens with one attached hydrogen (secondary N) is 2. The van der Waals surface area contributed by atoms with Gasteiger partial charge in [0, 0.05) is 32.1 Å². The molecule has 3 rings (SSSR count). The minimum atomic E-state index is -3.76. The molecular formula is C15H17N3O4S2. The molecule has 0 fully saturated rings. The second-order valence-corrected chi connectivity index (χ2v) is 9.37. The number of sulfone groups is 1. The molecule has 9 heteroatoms. The van der Waals surface area contributed by atoms with Crippen LogP contribution in [-0.2, 0) is 39.5 Å². The van der Waals surface area contributed by atoms with Gasteiger partial charge in [-0.1, -0.05) is 18.2 Å². The third kappa shape index (κ3) is 3.64. The predicted octanol–water partition coefficient (Wildman–Crippen LogP) is 0.567. The first-order valence-corrected chi connectivity index (χ1v) is 10.6. The van der Waals surface area contributed by atoms with Gasteiger partial charge in [-0.05, 0) is 28.8 Å². The Morgan fingerprint density at radius 1 is 1.08 bits per heavy atom. The molecule has 0 amide bonds. The molecule has 128 valence electrons. The van der Waals surface area contributed by atoms with Gasteiger partial charge in [0.25, 0.3) is 0 Å². The van der Waals surface area contributed by atoms with Gasteiger partial charge in [-0.2, -0.15) is 0 Å². The molecule has 0 spiro atoms. The van der Waals surface area contributed by atoms with E-state index in [1.54, 1.807) is 0 Å². The molecule has 1 aliphatic heterocycles. The van der Waals surface area contributed by atoms with Crippen molar-refractivity contribution in [2.24, 2.45) is 0 Å². The first-order valence-electron chi connectivity index (χ1n) is 7.23. The van der Waals surface area contributed by atoms with Crippen LogP contribution in [0.4, 0.5) is 0 Å². The molecule has 1 aromatic heterocycles. The average molecular weight is 367 g/mol. The fourth-order valence-corrected chi connectivity index (χ4v) is 3.99. The van der Waals surface area contributed by atoms with Gasteiger partial charge in [-0.25, -0.2) is 26.5 Å². The molecule has 0 bridgehead atoms. The minimum absolute atomic E-state index is 0.0715. The summed E-state index contributed by atoms with van der Waals surface area (Å²) in [7, 11) is -7.22. The SMILES string of the molecule is CS(=O)(=O)c1ccc(S(=O)(=O)NCc2ccc3c(c2)CNC3)cn1. The maximum Gasteiger partial charge on any atom is 0.242 e. The summed E-state index contributed by atoms with van der Waals surface area (Å²) < 4.78 is 49.8. The van der Waals surface area contributed by atoms with Crippen LogP contribution < -0.4 is 10.0 Å². The van der Waals surface area contributed by atoms with E-state index in [1.807, 2.05) is 18.2 Å². The standard InChI is InChI=1S/C15H17N3O4S2/c1-23(19,20)15-5-4-14(10-17-15)24(21,22)18-7-11-2-3-12-8-16-9-13(12)6-11/h2-6,10,16,18H,7-9H2,1H3. The number of fused-ring (bicyclic) bond motifs is 1. The van der Waals surface area contributed by atoms with E-state index in [0.29, 0.717) is 0 Å². The molecular weight excluding hydrogens is 350 g/mol. The third-order valence-electron chi connectivity index (χ3n) is 3.77. The highest BCUT2D eigenvalue weighted by molar-refractivity contribution is 7.90. The van der Waals surface area contributed by atoms with Crippen LogP contribution in [0.25, 0.3) is 0 Å². The number of pyridine rings is 1. The molecule has 0 unspecified atom stereocenters. The number of hydrogen-bond acceptors (Lipinski definition) is 6. The van der Waals surface area contributed by atoms with Crippen molar-refractivity contribution >= 4 is 19.9 Å². The van der Waals surface area contributed by atoms with Crippen LogP contribution in [-0.4, -0.2) is 28.1 Å². The average Bonchev–Trinajstić information content (AvgIpc) is 3.00. The first-order chi connectivity index (χ1) is 11.3. The zero-order valence-electron chi connectivity index (χ0n) is 13.0. The summed E-state index contributed by atoms with van der Waals surface area (Å²) in [5, 5.41) is 3.07. The van der Waals surface area contributed by atoms with Gasteiger partial charge < -0.3 is 5.32 Å². The quantitative estimate of drug-likeness (QED) is 0.800. The normalized spacial score (nSPS) is 14.5. The Labute approximate surface area is 141 Å². The van der Waals surface area contributed by atoms with Crippen LogP contribution in [0.1, 0.15) is 16.7 Å². The molecule has 0 aliphatic carbocycles. The monoisotopic (exact) mass is 367 g/mol. The lowest BCUT2D eigenvalue weighted by atomic mass is 10.1. The lowest BCUT2D eigenvalue weighted by Gasteiger charge is -2.08. The summed E-state index contributed by atoms with van der Waals surface area (Å²) in [4.78, 5) is 3.63. The summed E-state index contributed by atoms with van der Waals surface area (Å²) in [6.45, 7) is 1.77. The maximum absolute atomic E-state index is 12.3. The molecule has 24 heavy (non-hydrogen) atoms. The Balaban J connectivity index is 1.74. The van der Waals surface area contributed by atoms with Crippen molar-refractivity contribution in [3.63, 3.8) is 0 Å². The molecule has 0 saturated carbocycles. The lowest BCUT2D eigenvalue weighted by molar-refractivity contribution is 0.579. The van der Waals surface area contributed by atoms with E-state index in [2.05, 4.69) is 15.0 Å². The molecule has 7 nitrogen and oxygen atoms in total. The fourth-order valence-electron chi connectivity index (χ4n) is 2.46. The lowest BCUT2D eigenvalue weighted by Crippen LogP contribution is -2.23. The van der Waals surface area contributed by atoms with E-state index in [0.717, 1.165) is 31.1 Å². The Morgan fingerprint density at radius 2 is 1.83 bits per heavy atom. The van der Waals surface area contributed by atoms with Crippen LogP contribution in [0.5, 0.6) is 0 Å². The number of hydrogen-bond donors (Lipinski definition) is 2. The Bertz CT molecular complexity index is 968. The van der Waals surface area contributed by atoms with Crippen LogP contribution in [0, 0.1) is 0 Å². The first kappa shape index (κ1) is 17.0. The zero-order valence-corrected chi connectivity index (χ0v) is 14.6. The Kier molecular flexibility index (Phi) is 4.43. The number of rotatable bonds is 5. The van der Waals surface area contributed by atoms with Gasteiger partial charge in [0.15, 0.2) is 14.9 Å². The third-order valence-corrected chi connectivity index (χ3v) is 6.16. The molecule has 0 saturated heterocycles. The van der Waals surface area contributed by atoms with Crippen molar-refractivity contribution in [1.29, 1.82) is 0 Å². The molecule has 2 heterocycles. The Morgan fingerprint density at radius 3 is 2.50 bits per heavy atom. The zero-order chi connectivity index (χ0) is 17.4. The molecule has 0 atom stereocenters. The number of aromatic nitrogens is 1. The number of nitrogens with zero attached hydrogens (tertiary/aromatic N) is 1. The number of sulfonamides is 1. The van der Waals surface area contributed by atoms with E-state index in [9.17, 15) is 16.8 Å². The highest BCUT2D eigenvalue weighted by Gasteiger charge is 2.17. The second kappa shape index (κ2) is 6.25. The van der Waals surface area contributed by atoms with Gasteiger partial charge in [-0.3, -0.25) is 0 Å². The van der Waals surface area contributed by atoms with Gasteiger partial charge in [0.05, 0.1) is 0 Å². The van der Waals surface area contributed by atoms with Crippen LogP contribution in [0.2, 0.25) is 0 Å². The molecule has 2 N–H and O–H groups in total. The van der Waals surface area contributed by atoms with Crippen molar-refractivity contribution < 1.29 is 16.8 Å². The molecule has 2 aromatic rings. The van der Waals surface area contributed by atoms with Gasteiger partial charge in [0.2, 0.25) is 10.0 Å². The minimum Gasteiger partial charge on any atom is -0.309 e. The predicted molar refractivity (Wildman–Crippen MR) is 88.4 cm³/mol. The van der Waals surface area contributed by atoms with Crippen molar-refractivity contribution in [2.45, 2.75) is 29.6 Å². The van der Waals surface area contributed by atoms with Crippen LogP contribution in [0.15, 0.2) is 46.5 Å². The molecule has 1 aliphatic rings. The van der Waals surface area contributed by atoms with E-state index in [1.165, 1.54) is 23.3 Å². The summed E-state index contributed by atoms with van der Waals surface area (Å²) in [5.41, 5.74) is 3.26.